The Morgan fingerprint density at radius 3 is 2.93 bits per heavy atom. The Bertz CT molecular complexity index is 420. The molecule has 0 unspecified atom stereocenters. The van der Waals surface area contributed by atoms with Gasteiger partial charge in [0.15, 0.2) is 0 Å². The number of rotatable bonds is 4. The van der Waals surface area contributed by atoms with Crippen molar-refractivity contribution in [2.75, 3.05) is 0 Å². The summed E-state index contributed by atoms with van der Waals surface area (Å²) in [6.07, 6.45) is 3.99. The average Bonchev–Trinajstić information content (AvgIpc) is 2.84. The van der Waals surface area contributed by atoms with E-state index in [0.717, 1.165) is 28.4 Å². The smallest absolute Gasteiger partial charge is 0.135 e. The van der Waals surface area contributed by atoms with Crippen LogP contribution >= 0.6 is 22.7 Å². The SMILES string of the molecule is CCCc1nc(-c2cncs2)sc1CN. The Hall–Kier alpha value is -0.780. The highest BCUT2D eigenvalue weighted by Crippen LogP contribution is 2.30. The van der Waals surface area contributed by atoms with Gasteiger partial charge in [0.05, 0.1) is 16.1 Å². The van der Waals surface area contributed by atoms with Crippen molar-refractivity contribution in [1.82, 2.24) is 9.97 Å². The molecule has 0 fully saturated rings. The molecule has 0 aliphatic heterocycles. The van der Waals surface area contributed by atoms with Crippen molar-refractivity contribution >= 4 is 22.7 Å². The van der Waals surface area contributed by atoms with Gasteiger partial charge in [-0.2, -0.15) is 0 Å². The highest BCUT2D eigenvalue weighted by atomic mass is 32.1. The van der Waals surface area contributed by atoms with Gasteiger partial charge in [-0.25, -0.2) is 4.98 Å². The summed E-state index contributed by atoms with van der Waals surface area (Å²) in [7, 11) is 0. The molecule has 0 amide bonds. The fourth-order valence-corrected chi connectivity index (χ4v) is 3.07. The highest BCUT2D eigenvalue weighted by molar-refractivity contribution is 7.20. The molecule has 15 heavy (non-hydrogen) atoms. The zero-order valence-electron chi connectivity index (χ0n) is 8.56. The van der Waals surface area contributed by atoms with Crippen molar-refractivity contribution in [3.63, 3.8) is 0 Å². The minimum absolute atomic E-state index is 0.589. The molecule has 0 saturated heterocycles. The van der Waals surface area contributed by atoms with Gasteiger partial charge in [0.2, 0.25) is 0 Å². The molecule has 0 radical (unpaired) electrons. The first kappa shape index (κ1) is 10.7. The highest BCUT2D eigenvalue weighted by Gasteiger charge is 2.11. The lowest BCUT2D eigenvalue weighted by molar-refractivity contribution is 0.872. The summed E-state index contributed by atoms with van der Waals surface area (Å²) in [6, 6.07) is 0. The zero-order chi connectivity index (χ0) is 10.7. The Kier molecular flexibility index (Phi) is 3.45. The second-order valence-corrected chi connectivity index (χ2v) is 5.18. The zero-order valence-corrected chi connectivity index (χ0v) is 10.2. The lowest BCUT2D eigenvalue weighted by atomic mass is 10.2. The largest absolute Gasteiger partial charge is 0.326 e. The molecule has 2 N–H and O–H groups in total. The van der Waals surface area contributed by atoms with Crippen molar-refractivity contribution < 1.29 is 0 Å². The quantitative estimate of drug-likeness (QED) is 0.892. The van der Waals surface area contributed by atoms with Gasteiger partial charge in [0, 0.05) is 17.6 Å². The van der Waals surface area contributed by atoms with Gasteiger partial charge < -0.3 is 5.73 Å². The normalized spacial score (nSPS) is 10.8. The monoisotopic (exact) mass is 239 g/mol. The minimum atomic E-state index is 0.589. The van der Waals surface area contributed by atoms with Crippen molar-refractivity contribution in [1.29, 1.82) is 0 Å². The van der Waals surface area contributed by atoms with Gasteiger partial charge >= 0.3 is 0 Å². The van der Waals surface area contributed by atoms with Crippen LogP contribution in [-0.2, 0) is 13.0 Å². The van der Waals surface area contributed by atoms with Crippen LogP contribution in [0.3, 0.4) is 0 Å². The van der Waals surface area contributed by atoms with E-state index in [1.165, 1.54) is 4.88 Å². The van der Waals surface area contributed by atoms with Crippen LogP contribution < -0.4 is 5.73 Å². The van der Waals surface area contributed by atoms with Crippen LogP contribution in [0, 0.1) is 0 Å². The first-order valence-corrected chi connectivity index (χ1v) is 6.62. The third-order valence-corrected chi connectivity index (χ3v) is 4.16. The molecule has 3 nitrogen and oxygen atoms in total. The summed E-state index contributed by atoms with van der Waals surface area (Å²) in [6.45, 7) is 2.75. The summed E-state index contributed by atoms with van der Waals surface area (Å²) < 4.78 is 0. The van der Waals surface area contributed by atoms with Crippen LogP contribution in [0.4, 0.5) is 0 Å². The molecule has 0 atom stereocenters. The molecule has 2 rings (SSSR count). The fraction of sp³-hybridized carbons (Fsp3) is 0.400. The maximum Gasteiger partial charge on any atom is 0.135 e. The molecule has 0 saturated carbocycles. The van der Waals surface area contributed by atoms with Gasteiger partial charge in [0.25, 0.3) is 0 Å². The van der Waals surface area contributed by atoms with E-state index in [1.54, 1.807) is 22.7 Å². The van der Waals surface area contributed by atoms with Gasteiger partial charge in [-0.1, -0.05) is 13.3 Å². The Morgan fingerprint density at radius 2 is 2.33 bits per heavy atom. The average molecular weight is 239 g/mol. The maximum absolute atomic E-state index is 5.71. The topological polar surface area (TPSA) is 51.8 Å². The van der Waals surface area contributed by atoms with Crippen LogP contribution in [0.25, 0.3) is 9.88 Å². The van der Waals surface area contributed by atoms with E-state index in [0.29, 0.717) is 6.54 Å². The van der Waals surface area contributed by atoms with Crippen LogP contribution in [0.2, 0.25) is 0 Å². The molecule has 2 heterocycles. The summed E-state index contributed by atoms with van der Waals surface area (Å²) in [5.74, 6) is 0. The summed E-state index contributed by atoms with van der Waals surface area (Å²) in [5, 5.41) is 1.06. The number of nitrogens with zero attached hydrogens (tertiary/aromatic N) is 2. The van der Waals surface area contributed by atoms with Gasteiger partial charge in [-0.05, 0) is 6.42 Å². The fourth-order valence-electron chi connectivity index (χ4n) is 1.40. The van der Waals surface area contributed by atoms with E-state index >= 15 is 0 Å². The Balaban J connectivity index is 2.34. The van der Waals surface area contributed by atoms with Gasteiger partial charge in [-0.3, -0.25) is 4.98 Å². The standard InChI is InChI=1S/C10H13N3S2/c1-2-3-7-8(4-11)15-10(13-7)9-5-12-6-14-9/h5-6H,2-4,11H2,1H3. The lowest BCUT2D eigenvalue weighted by Gasteiger charge is -1.94. The number of hydrogen-bond acceptors (Lipinski definition) is 5. The van der Waals surface area contributed by atoms with Crippen LogP contribution in [0.15, 0.2) is 11.7 Å². The summed E-state index contributed by atoms with van der Waals surface area (Å²) in [4.78, 5) is 11.0. The molecule has 0 aliphatic rings. The van der Waals surface area contributed by atoms with Crippen LogP contribution in [-0.4, -0.2) is 9.97 Å². The van der Waals surface area contributed by atoms with Crippen molar-refractivity contribution in [3.05, 3.63) is 22.3 Å². The molecule has 0 bridgehead atoms. The third kappa shape index (κ3) is 2.25. The Labute approximate surface area is 97.0 Å². The van der Waals surface area contributed by atoms with E-state index < -0.39 is 0 Å². The molecule has 0 aromatic carbocycles. The second kappa shape index (κ2) is 4.83. The molecule has 0 spiro atoms. The minimum Gasteiger partial charge on any atom is -0.326 e. The molecule has 80 valence electrons. The predicted molar refractivity (Wildman–Crippen MR) is 65.1 cm³/mol. The molecular weight excluding hydrogens is 226 g/mol. The number of thiazole rings is 2. The van der Waals surface area contributed by atoms with Crippen LogP contribution in [0.5, 0.6) is 0 Å². The first-order chi connectivity index (χ1) is 7.35. The van der Waals surface area contributed by atoms with Crippen LogP contribution in [0.1, 0.15) is 23.9 Å². The van der Waals surface area contributed by atoms with E-state index in [1.807, 2.05) is 11.7 Å². The Morgan fingerprint density at radius 1 is 1.47 bits per heavy atom. The first-order valence-electron chi connectivity index (χ1n) is 4.92. The second-order valence-electron chi connectivity index (χ2n) is 3.21. The molecule has 2 aromatic rings. The molecule has 5 heteroatoms. The van der Waals surface area contributed by atoms with E-state index in [-0.39, 0.29) is 0 Å². The van der Waals surface area contributed by atoms with E-state index in [9.17, 15) is 0 Å². The van der Waals surface area contributed by atoms with E-state index in [4.69, 9.17) is 5.73 Å². The molecular formula is C10H13N3S2. The maximum atomic E-state index is 5.71. The summed E-state index contributed by atoms with van der Waals surface area (Å²) >= 11 is 3.31. The lowest BCUT2D eigenvalue weighted by Crippen LogP contribution is -1.97. The number of aromatic nitrogens is 2. The number of hydrogen-bond donors (Lipinski definition) is 1. The number of aryl methyl sites for hydroxylation is 1. The number of nitrogens with two attached hydrogens (primary N) is 1. The van der Waals surface area contributed by atoms with Gasteiger partial charge in [0.1, 0.15) is 5.01 Å². The van der Waals surface area contributed by atoms with Crippen molar-refractivity contribution in [3.8, 4) is 9.88 Å². The van der Waals surface area contributed by atoms with E-state index in [2.05, 4.69) is 16.9 Å². The molecule has 0 aliphatic carbocycles. The summed E-state index contributed by atoms with van der Waals surface area (Å²) in [5.41, 5.74) is 8.70. The third-order valence-electron chi connectivity index (χ3n) is 2.09. The predicted octanol–water partition coefficient (Wildman–Crippen LogP) is 2.68. The van der Waals surface area contributed by atoms with Gasteiger partial charge in [-0.15, -0.1) is 22.7 Å². The van der Waals surface area contributed by atoms with Crippen molar-refractivity contribution in [2.24, 2.45) is 5.73 Å². The van der Waals surface area contributed by atoms with Crippen molar-refractivity contribution in [2.45, 2.75) is 26.3 Å². The molecule has 2 aromatic heterocycles.